The molecule has 0 bridgehead atoms. The van der Waals surface area contributed by atoms with Gasteiger partial charge in [-0.25, -0.2) is 0 Å². The quantitative estimate of drug-likeness (QED) is 0.620. The van der Waals surface area contributed by atoms with Gasteiger partial charge in [0.15, 0.2) is 0 Å². The molecule has 0 spiro atoms. The van der Waals surface area contributed by atoms with Gasteiger partial charge >= 0.3 is 0 Å². The first kappa shape index (κ1) is 11.3. The Balaban J connectivity index is 3.53. The first-order chi connectivity index (χ1) is 5.66. The Morgan fingerprint density at radius 3 is 2.58 bits per heavy atom. The van der Waals surface area contributed by atoms with Crippen LogP contribution in [0, 0.1) is 0 Å². The van der Waals surface area contributed by atoms with Crippen molar-refractivity contribution < 1.29 is 0 Å². The van der Waals surface area contributed by atoms with Gasteiger partial charge in [0.2, 0.25) is 0 Å². The molecule has 0 rings (SSSR count). The van der Waals surface area contributed by atoms with Crippen LogP contribution < -0.4 is 5.32 Å². The molecule has 1 atom stereocenters. The van der Waals surface area contributed by atoms with E-state index in [1.807, 2.05) is 6.20 Å². The van der Waals surface area contributed by atoms with Gasteiger partial charge in [-0.15, -0.1) is 0 Å². The van der Waals surface area contributed by atoms with E-state index in [2.05, 4.69) is 45.2 Å². The molecule has 0 aliphatic carbocycles. The zero-order chi connectivity index (χ0) is 9.40. The van der Waals surface area contributed by atoms with E-state index in [-0.39, 0.29) is 0 Å². The summed E-state index contributed by atoms with van der Waals surface area (Å²) in [5, 5.41) is 3.31. The summed E-state index contributed by atoms with van der Waals surface area (Å²) in [6, 6.07) is 0.544. The Morgan fingerprint density at radius 2 is 2.08 bits per heavy atom. The molecule has 0 aromatic carbocycles. The first-order valence-electron chi connectivity index (χ1n) is 4.71. The molecule has 1 heteroatoms. The lowest BCUT2D eigenvalue weighted by Crippen LogP contribution is -2.19. The lowest BCUT2D eigenvalue weighted by atomic mass is 10.2. The molecule has 12 heavy (non-hydrogen) atoms. The van der Waals surface area contributed by atoms with Crippen molar-refractivity contribution in [3.8, 4) is 0 Å². The smallest absolute Gasteiger partial charge is 0.0261 e. The van der Waals surface area contributed by atoms with Gasteiger partial charge in [-0.2, -0.15) is 0 Å². The van der Waals surface area contributed by atoms with Crippen molar-refractivity contribution in [2.24, 2.45) is 0 Å². The summed E-state index contributed by atoms with van der Waals surface area (Å²) in [6.07, 6.45) is 8.65. The maximum absolute atomic E-state index is 3.31. The van der Waals surface area contributed by atoms with E-state index in [1.54, 1.807) is 0 Å². The second-order valence-electron chi connectivity index (χ2n) is 3.40. The van der Waals surface area contributed by atoms with Crippen LogP contribution in [0.25, 0.3) is 0 Å². The zero-order valence-corrected chi connectivity index (χ0v) is 8.72. The van der Waals surface area contributed by atoms with Gasteiger partial charge in [0.1, 0.15) is 0 Å². The summed E-state index contributed by atoms with van der Waals surface area (Å²) in [7, 11) is 0. The van der Waals surface area contributed by atoms with Gasteiger partial charge < -0.3 is 5.32 Å². The first-order valence-corrected chi connectivity index (χ1v) is 4.71. The molecule has 0 aromatic rings. The largest absolute Gasteiger partial charge is 0.388 e. The van der Waals surface area contributed by atoms with Gasteiger partial charge in [-0.3, -0.25) is 0 Å². The van der Waals surface area contributed by atoms with Crippen LogP contribution in [0.1, 0.15) is 40.5 Å². The summed E-state index contributed by atoms with van der Waals surface area (Å²) in [5.74, 6) is 0. The maximum Gasteiger partial charge on any atom is 0.0261 e. The number of allylic oxidation sites excluding steroid dienone is 2. The van der Waals surface area contributed by atoms with Gasteiger partial charge in [-0.05, 0) is 39.8 Å². The van der Waals surface area contributed by atoms with Crippen LogP contribution in [0.2, 0.25) is 0 Å². The molecular formula is C11H21N. The SMILES string of the molecule is CC/C=C\NC(C)CC=C(C)C. The second-order valence-corrected chi connectivity index (χ2v) is 3.40. The number of rotatable bonds is 5. The normalized spacial score (nSPS) is 13.0. The van der Waals surface area contributed by atoms with E-state index in [0.29, 0.717) is 6.04 Å². The summed E-state index contributed by atoms with van der Waals surface area (Å²) in [4.78, 5) is 0. The summed E-state index contributed by atoms with van der Waals surface area (Å²) in [6.45, 7) is 8.60. The molecule has 1 unspecified atom stereocenters. The third-order valence-corrected chi connectivity index (χ3v) is 1.61. The monoisotopic (exact) mass is 167 g/mol. The molecule has 1 nitrogen and oxygen atoms in total. The third kappa shape index (κ3) is 7.39. The average molecular weight is 167 g/mol. The van der Waals surface area contributed by atoms with Crippen molar-refractivity contribution in [1.29, 1.82) is 0 Å². The van der Waals surface area contributed by atoms with Gasteiger partial charge in [-0.1, -0.05) is 24.6 Å². The van der Waals surface area contributed by atoms with E-state index in [0.717, 1.165) is 12.8 Å². The van der Waals surface area contributed by atoms with Crippen LogP contribution in [-0.2, 0) is 0 Å². The van der Waals surface area contributed by atoms with Crippen LogP contribution in [0.3, 0.4) is 0 Å². The fourth-order valence-corrected chi connectivity index (χ4v) is 0.831. The van der Waals surface area contributed by atoms with Crippen molar-refractivity contribution >= 4 is 0 Å². The molecule has 0 amide bonds. The average Bonchev–Trinajstić information content (AvgIpc) is 2.01. The molecule has 0 heterocycles. The molecule has 0 aromatic heterocycles. The zero-order valence-electron chi connectivity index (χ0n) is 8.72. The molecule has 0 saturated carbocycles. The van der Waals surface area contributed by atoms with E-state index in [9.17, 15) is 0 Å². The van der Waals surface area contributed by atoms with Crippen molar-refractivity contribution in [3.63, 3.8) is 0 Å². The van der Waals surface area contributed by atoms with Crippen LogP contribution in [0.5, 0.6) is 0 Å². The lowest BCUT2D eigenvalue weighted by Gasteiger charge is -2.08. The molecule has 70 valence electrons. The Bertz CT molecular complexity index is 152. The molecule has 0 saturated heterocycles. The summed E-state index contributed by atoms with van der Waals surface area (Å²) >= 11 is 0. The number of nitrogens with one attached hydrogen (secondary N) is 1. The molecule has 0 aliphatic heterocycles. The highest BCUT2D eigenvalue weighted by atomic mass is 14.9. The van der Waals surface area contributed by atoms with Crippen molar-refractivity contribution in [2.75, 3.05) is 0 Å². The van der Waals surface area contributed by atoms with Gasteiger partial charge in [0.25, 0.3) is 0 Å². The highest BCUT2D eigenvalue weighted by Crippen LogP contribution is 1.97. The van der Waals surface area contributed by atoms with E-state index in [4.69, 9.17) is 0 Å². The number of hydrogen-bond donors (Lipinski definition) is 1. The highest BCUT2D eigenvalue weighted by Gasteiger charge is 1.93. The minimum Gasteiger partial charge on any atom is -0.388 e. The molecule has 0 fully saturated rings. The predicted octanol–water partition coefficient (Wildman–Crippen LogP) is 3.24. The van der Waals surface area contributed by atoms with Crippen molar-refractivity contribution in [1.82, 2.24) is 5.32 Å². The maximum atomic E-state index is 3.31. The molecule has 1 N–H and O–H groups in total. The van der Waals surface area contributed by atoms with Gasteiger partial charge in [0, 0.05) is 6.04 Å². The molecular weight excluding hydrogens is 146 g/mol. The Morgan fingerprint density at radius 1 is 1.42 bits per heavy atom. The van der Waals surface area contributed by atoms with Crippen LogP contribution in [-0.4, -0.2) is 6.04 Å². The second kappa shape index (κ2) is 6.96. The van der Waals surface area contributed by atoms with Crippen LogP contribution in [0.4, 0.5) is 0 Å². The van der Waals surface area contributed by atoms with Crippen LogP contribution >= 0.6 is 0 Å². The summed E-state index contributed by atoms with van der Waals surface area (Å²) in [5.41, 5.74) is 1.39. The molecule has 0 radical (unpaired) electrons. The Hall–Kier alpha value is -0.720. The van der Waals surface area contributed by atoms with E-state index < -0.39 is 0 Å². The number of hydrogen-bond acceptors (Lipinski definition) is 1. The fourth-order valence-electron chi connectivity index (χ4n) is 0.831. The van der Waals surface area contributed by atoms with Crippen LogP contribution in [0.15, 0.2) is 23.9 Å². The van der Waals surface area contributed by atoms with Gasteiger partial charge in [0.05, 0.1) is 0 Å². The van der Waals surface area contributed by atoms with Crippen molar-refractivity contribution in [3.05, 3.63) is 23.9 Å². The highest BCUT2D eigenvalue weighted by molar-refractivity contribution is 4.95. The topological polar surface area (TPSA) is 12.0 Å². The fraction of sp³-hybridized carbons (Fsp3) is 0.636. The lowest BCUT2D eigenvalue weighted by molar-refractivity contribution is 0.645. The Labute approximate surface area is 76.6 Å². The predicted molar refractivity (Wildman–Crippen MR) is 56.1 cm³/mol. The van der Waals surface area contributed by atoms with E-state index >= 15 is 0 Å². The summed E-state index contributed by atoms with van der Waals surface area (Å²) < 4.78 is 0. The van der Waals surface area contributed by atoms with E-state index in [1.165, 1.54) is 5.57 Å². The molecule has 0 aliphatic rings. The standard InChI is InChI=1S/C11H21N/c1-5-6-9-12-11(4)8-7-10(2)3/h6-7,9,11-12H,5,8H2,1-4H3/b9-6-. The third-order valence-electron chi connectivity index (χ3n) is 1.61. The van der Waals surface area contributed by atoms with Crippen molar-refractivity contribution in [2.45, 2.75) is 46.6 Å². The minimum atomic E-state index is 0.544. The Kier molecular flexibility index (Phi) is 6.54. The minimum absolute atomic E-state index is 0.544.